The monoisotopic (exact) mass is 518 g/mol. The summed E-state index contributed by atoms with van der Waals surface area (Å²) in [5.74, 6) is 1.10. The van der Waals surface area contributed by atoms with Gasteiger partial charge in [-0.1, -0.05) is 25.1 Å². The second-order valence-corrected chi connectivity index (χ2v) is 12.5. The van der Waals surface area contributed by atoms with E-state index in [1.165, 1.54) is 5.56 Å². The smallest absolute Gasteiger partial charge is 0.322 e. The number of amides is 2. The molecule has 8 nitrogen and oxygen atoms in total. The Bertz CT molecular complexity index is 1480. The number of aromatic nitrogens is 2. The number of urea groups is 1. The lowest BCUT2D eigenvalue weighted by Gasteiger charge is -2.19. The number of carbonyl (C=O) groups is 1. The number of hydrogen-bond donors (Lipinski definition) is 1. The van der Waals surface area contributed by atoms with Gasteiger partial charge in [0.1, 0.15) is 6.33 Å². The van der Waals surface area contributed by atoms with Gasteiger partial charge in [0.05, 0.1) is 29.0 Å². The molecule has 3 aromatic rings. The number of fused-ring (bicyclic) bond motifs is 2. The van der Waals surface area contributed by atoms with Crippen molar-refractivity contribution in [2.24, 2.45) is 0 Å². The Labute approximate surface area is 217 Å². The summed E-state index contributed by atoms with van der Waals surface area (Å²) < 4.78 is 29.7. The number of hydrogen-bond acceptors (Lipinski definition) is 6. The molecule has 3 aliphatic rings. The molecule has 2 aromatic carbocycles. The lowest BCUT2D eigenvalue weighted by molar-refractivity contribution is 0.246. The second kappa shape index (κ2) is 8.83. The van der Waals surface area contributed by atoms with E-state index < -0.39 is 9.84 Å². The van der Waals surface area contributed by atoms with Gasteiger partial charge in [0, 0.05) is 30.1 Å². The number of nitrogens with one attached hydrogen (secondary N) is 1. The van der Waals surface area contributed by atoms with E-state index in [1.807, 2.05) is 17.0 Å². The summed E-state index contributed by atoms with van der Waals surface area (Å²) in [6.45, 7) is 2.61. The summed E-state index contributed by atoms with van der Waals surface area (Å²) in [7, 11) is -1.60. The fraction of sp³-hybridized carbons (Fsp3) is 0.393. The molecule has 2 saturated carbocycles. The Morgan fingerprint density at radius 3 is 2.54 bits per heavy atom. The molecular weight excluding hydrogens is 488 g/mol. The third-order valence-electron chi connectivity index (χ3n) is 7.81. The number of rotatable bonds is 7. The molecule has 37 heavy (non-hydrogen) atoms. The van der Waals surface area contributed by atoms with Crippen molar-refractivity contribution in [1.29, 1.82) is 0 Å². The Morgan fingerprint density at radius 1 is 1.14 bits per heavy atom. The molecule has 0 atom stereocenters. The summed E-state index contributed by atoms with van der Waals surface area (Å²) in [6.07, 6.45) is 5.95. The minimum absolute atomic E-state index is 0.00145. The predicted octanol–water partition coefficient (Wildman–Crippen LogP) is 4.58. The predicted molar refractivity (Wildman–Crippen MR) is 141 cm³/mol. The van der Waals surface area contributed by atoms with E-state index in [1.54, 1.807) is 44.6 Å². The van der Waals surface area contributed by atoms with E-state index in [0.717, 1.165) is 53.8 Å². The Morgan fingerprint density at radius 2 is 1.89 bits per heavy atom. The van der Waals surface area contributed by atoms with Gasteiger partial charge in [-0.05, 0) is 66.6 Å². The quantitative estimate of drug-likeness (QED) is 0.491. The van der Waals surface area contributed by atoms with E-state index >= 15 is 0 Å². The van der Waals surface area contributed by atoms with Crippen LogP contribution in [0, 0.1) is 0 Å². The number of sulfone groups is 1. The van der Waals surface area contributed by atoms with Gasteiger partial charge in [0.2, 0.25) is 5.88 Å². The third-order valence-corrected chi connectivity index (χ3v) is 9.56. The standard InChI is InChI=1S/C28H30N4O4S/c1-3-37(34,35)21-9-4-18(5-10-21)15-29-27(33)32-16-28(12-13-28)22-14-20(8-11-23(22)32)24-25(19-6-7-19)30-17-31-26(24)36-2/h4-5,8-11,14,17,19H,3,6-7,12-13,15-16H2,1-2H3,(H,29,33). The van der Waals surface area contributed by atoms with Crippen LogP contribution in [0.3, 0.4) is 0 Å². The van der Waals surface area contributed by atoms with Crippen LogP contribution in [-0.2, 0) is 21.8 Å². The van der Waals surface area contributed by atoms with Crippen LogP contribution in [0.25, 0.3) is 11.1 Å². The summed E-state index contributed by atoms with van der Waals surface area (Å²) in [6, 6.07) is 12.8. The zero-order valence-corrected chi connectivity index (χ0v) is 21.8. The Kier molecular flexibility index (Phi) is 5.71. The first kappa shape index (κ1) is 23.9. The molecule has 2 fully saturated rings. The van der Waals surface area contributed by atoms with Gasteiger partial charge >= 0.3 is 6.03 Å². The Hall–Kier alpha value is -3.46. The van der Waals surface area contributed by atoms with Crippen molar-refractivity contribution in [1.82, 2.24) is 15.3 Å². The minimum Gasteiger partial charge on any atom is -0.480 e. The molecule has 0 unspecified atom stereocenters. The van der Waals surface area contributed by atoms with Crippen LogP contribution in [0.5, 0.6) is 5.88 Å². The summed E-state index contributed by atoms with van der Waals surface area (Å²) >= 11 is 0. The molecule has 0 radical (unpaired) electrons. The molecule has 6 rings (SSSR count). The highest BCUT2D eigenvalue weighted by atomic mass is 32.2. The van der Waals surface area contributed by atoms with Gasteiger partial charge in [-0.3, -0.25) is 4.90 Å². The van der Waals surface area contributed by atoms with Gasteiger partial charge in [0.15, 0.2) is 9.84 Å². The maximum atomic E-state index is 13.3. The number of methoxy groups -OCH3 is 1. The van der Waals surface area contributed by atoms with E-state index in [0.29, 0.717) is 29.8 Å². The topological polar surface area (TPSA) is 101 Å². The first-order valence-electron chi connectivity index (χ1n) is 12.8. The number of benzene rings is 2. The molecule has 192 valence electrons. The average Bonchev–Trinajstić information content (AvgIpc) is 3.85. The molecular formula is C28H30N4O4S. The number of carbonyl (C=O) groups excluding carboxylic acids is 1. The van der Waals surface area contributed by atoms with Crippen molar-refractivity contribution < 1.29 is 17.9 Å². The molecule has 1 N–H and O–H groups in total. The molecule has 0 bridgehead atoms. The van der Waals surface area contributed by atoms with Gasteiger partial charge in [-0.25, -0.2) is 23.2 Å². The highest BCUT2D eigenvalue weighted by Crippen LogP contribution is 2.57. The number of nitrogens with zero attached hydrogens (tertiary/aromatic N) is 3. The van der Waals surface area contributed by atoms with Crippen molar-refractivity contribution in [3.05, 3.63) is 65.6 Å². The lowest BCUT2D eigenvalue weighted by atomic mass is 9.93. The van der Waals surface area contributed by atoms with Crippen molar-refractivity contribution in [3.8, 4) is 17.0 Å². The summed E-state index contributed by atoms with van der Waals surface area (Å²) in [4.78, 5) is 24.4. The first-order chi connectivity index (χ1) is 17.8. The molecule has 2 heterocycles. The number of anilines is 1. The van der Waals surface area contributed by atoms with Crippen molar-refractivity contribution in [3.63, 3.8) is 0 Å². The van der Waals surface area contributed by atoms with Gasteiger partial charge < -0.3 is 10.1 Å². The molecule has 2 aliphatic carbocycles. The van der Waals surface area contributed by atoms with Crippen molar-refractivity contribution >= 4 is 21.6 Å². The molecule has 0 saturated heterocycles. The molecule has 1 aromatic heterocycles. The third kappa shape index (κ3) is 4.25. The highest BCUT2D eigenvalue weighted by molar-refractivity contribution is 7.91. The molecule has 1 aliphatic heterocycles. The van der Waals surface area contributed by atoms with E-state index in [2.05, 4.69) is 21.4 Å². The number of ether oxygens (including phenoxy) is 1. The largest absolute Gasteiger partial charge is 0.480 e. The second-order valence-electron chi connectivity index (χ2n) is 10.2. The minimum atomic E-state index is -3.24. The van der Waals surface area contributed by atoms with Gasteiger partial charge in [-0.15, -0.1) is 0 Å². The summed E-state index contributed by atoms with van der Waals surface area (Å²) in [5.41, 5.74) is 6.02. The van der Waals surface area contributed by atoms with Crippen LogP contribution in [0.15, 0.2) is 53.7 Å². The van der Waals surface area contributed by atoms with Crippen LogP contribution in [0.1, 0.15) is 55.3 Å². The molecule has 9 heteroatoms. The van der Waals surface area contributed by atoms with E-state index in [-0.39, 0.29) is 17.2 Å². The fourth-order valence-electron chi connectivity index (χ4n) is 5.31. The van der Waals surface area contributed by atoms with Crippen LogP contribution in [-0.4, -0.2) is 43.8 Å². The average molecular weight is 519 g/mol. The zero-order valence-electron chi connectivity index (χ0n) is 21.0. The van der Waals surface area contributed by atoms with Gasteiger partial charge in [-0.2, -0.15) is 0 Å². The summed E-state index contributed by atoms with van der Waals surface area (Å²) in [5, 5.41) is 3.01. The highest BCUT2D eigenvalue weighted by Gasteiger charge is 2.53. The first-order valence-corrected chi connectivity index (χ1v) is 14.4. The maximum Gasteiger partial charge on any atom is 0.322 e. The van der Waals surface area contributed by atoms with Crippen LogP contribution < -0.4 is 15.0 Å². The van der Waals surface area contributed by atoms with Crippen LogP contribution >= 0.6 is 0 Å². The fourth-order valence-corrected chi connectivity index (χ4v) is 6.20. The Balaban J connectivity index is 1.24. The van der Waals surface area contributed by atoms with Crippen LogP contribution in [0.2, 0.25) is 0 Å². The maximum absolute atomic E-state index is 13.3. The van der Waals surface area contributed by atoms with E-state index in [4.69, 9.17) is 4.74 Å². The van der Waals surface area contributed by atoms with Crippen molar-refractivity contribution in [2.75, 3.05) is 24.3 Å². The normalized spacial score (nSPS) is 17.5. The van der Waals surface area contributed by atoms with Crippen molar-refractivity contribution in [2.45, 2.75) is 55.4 Å². The zero-order chi connectivity index (χ0) is 25.8. The molecule has 2 amide bonds. The SMILES string of the molecule is CCS(=O)(=O)c1ccc(CNC(=O)N2CC3(CC3)c3cc(-c4c(OC)ncnc4C4CC4)ccc32)cc1. The van der Waals surface area contributed by atoms with Gasteiger partial charge in [0.25, 0.3) is 0 Å². The lowest BCUT2D eigenvalue weighted by Crippen LogP contribution is -2.39. The van der Waals surface area contributed by atoms with E-state index in [9.17, 15) is 13.2 Å². The van der Waals surface area contributed by atoms with Crippen LogP contribution in [0.4, 0.5) is 10.5 Å². The molecule has 1 spiro atoms.